The second kappa shape index (κ2) is 7.07. The third-order valence-electron chi connectivity index (χ3n) is 3.13. The Morgan fingerprint density at radius 3 is 2.85 bits per heavy atom. The van der Waals surface area contributed by atoms with E-state index in [1.807, 2.05) is 22.9 Å². The molecular weight excluding hydrogens is 258 g/mol. The molecular formula is C15H19NO4. The smallest absolute Gasteiger partial charge is 0.335 e. The SMILES string of the molecule is COCCCOCCn1ccc2ccc(C(=O)O)cc21. The lowest BCUT2D eigenvalue weighted by Crippen LogP contribution is -2.07. The van der Waals surface area contributed by atoms with Crippen LogP contribution in [0.2, 0.25) is 0 Å². The summed E-state index contributed by atoms with van der Waals surface area (Å²) in [5.41, 5.74) is 1.23. The number of carbonyl (C=O) groups is 1. The minimum atomic E-state index is -0.907. The van der Waals surface area contributed by atoms with E-state index in [9.17, 15) is 4.79 Å². The van der Waals surface area contributed by atoms with Crippen molar-refractivity contribution in [3.05, 3.63) is 36.0 Å². The average molecular weight is 277 g/mol. The molecule has 0 radical (unpaired) electrons. The van der Waals surface area contributed by atoms with Crippen LogP contribution in [-0.2, 0) is 16.0 Å². The zero-order valence-electron chi connectivity index (χ0n) is 11.5. The van der Waals surface area contributed by atoms with Gasteiger partial charge in [0.2, 0.25) is 0 Å². The maximum atomic E-state index is 11.0. The molecule has 0 bridgehead atoms. The van der Waals surface area contributed by atoms with E-state index in [1.165, 1.54) is 0 Å². The molecule has 1 aromatic heterocycles. The minimum absolute atomic E-state index is 0.304. The number of carboxylic acid groups (broad SMARTS) is 1. The molecule has 0 aliphatic heterocycles. The van der Waals surface area contributed by atoms with Crippen LogP contribution in [0.25, 0.3) is 10.9 Å². The van der Waals surface area contributed by atoms with Crippen molar-refractivity contribution in [2.75, 3.05) is 26.9 Å². The molecule has 0 aliphatic rings. The molecule has 1 aromatic carbocycles. The van der Waals surface area contributed by atoms with Gasteiger partial charge in [0.15, 0.2) is 0 Å². The molecule has 5 heteroatoms. The molecule has 2 aromatic rings. The van der Waals surface area contributed by atoms with Gasteiger partial charge in [0.05, 0.1) is 12.2 Å². The van der Waals surface area contributed by atoms with Gasteiger partial charge >= 0.3 is 5.97 Å². The molecule has 0 spiro atoms. The van der Waals surface area contributed by atoms with Gasteiger partial charge in [-0.25, -0.2) is 4.79 Å². The molecule has 1 N–H and O–H groups in total. The van der Waals surface area contributed by atoms with Crippen molar-refractivity contribution >= 4 is 16.9 Å². The number of rotatable bonds is 8. The van der Waals surface area contributed by atoms with Crippen LogP contribution in [-0.4, -0.2) is 42.6 Å². The second-order valence-corrected chi connectivity index (χ2v) is 4.55. The fourth-order valence-corrected chi connectivity index (χ4v) is 2.08. The second-order valence-electron chi connectivity index (χ2n) is 4.55. The third kappa shape index (κ3) is 3.59. The van der Waals surface area contributed by atoms with E-state index in [4.69, 9.17) is 14.6 Å². The van der Waals surface area contributed by atoms with E-state index < -0.39 is 5.97 Å². The Kier molecular flexibility index (Phi) is 5.15. The Balaban J connectivity index is 1.96. The van der Waals surface area contributed by atoms with Crippen molar-refractivity contribution in [2.24, 2.45) is 0 Å². The van der Waals surface area contributed by atoms with E-state index in [0.717, 1.165) is 17.3 Å². The molecule has 108 valence electrons. The molecule has 1 heterocycles. The summed E-state index contributed by atoms with van der Waals surface area (Å²) in [5, 5.41) is 10.1. The monoisotopic (exact) mass is 277 g/mol. The number of nitrogens with zero attached hydrogens (tertiary/aromatic N) is 1. The van der Waals surface area contributed by atoms with Gasteiger partial charge in [-0.1, -0.05) is 6.07 Å². The molecule has 20 heavy (non-hydrogen) atoms. The number of ether oxygens (including phenoxy) is 2. The first kappa shape index (κ1) is 14.6. The van der Waals surface area contributed by atoms with Crippen LogP contribution >= 0.6 is 0 Å². The van der Waals surface area contributed by atoms with Gasteiger partial charge in [0, 0.05) is 38.6 Å². The van der Waals surface area contributed by atoms with Gasteiger partial charge in [-0.2, -0.15) is 0 Å². The molecule has 0 fully saturated rings. The zero-order valence-corrected chi connectivity index (χ0v) is 11.5. The Labute approximate surface area is 117 Å². The maximum Gasteiger partial charge on any atom is 0.335 e. The van der Waals surface area contributed by atoms with Crippen LogP contribution in [0.3, 0.4) is 0 Å². The molecule has 0 atom stereocenters. The summed E-state index contributed by atoms with van der Waals surface area (Å²) < 4.78 is 12.5. The van der Waals surface area contributed by atoms with Crippen molar-refractivity contribution in [1.29, 1.82) is 0 Å². The summed E-state index contributed by atoms with van der Waals surface area (Å²) in [5.74, 6) is -0.907. The Morgan fingerprint density at radius 1 is 1.25 bits per heavy atom. The number of carboxylic acids is 1. The van der Waals surface area contributed by atoms with E-state index in [1.54, 1.807) is 19.2 Å². The van der Waals surface area contributed by atoms with Gasteiger partial charge in [0.1, 0.15) is 0 Å². The van der Waals surface area contributed by atoms with Gasteiger partial charge in [-0.3, -0.25) is 0 Å². The van der Waals surface area contributed by atoms with Crippen LogP contribution in [0.1, 0.15) is 16.8 Å². The summed E-state index contributed by atoms with van der Waals surface area (Å²) in [6, 6.07) is 7.12. The quantitative estimate of drug-likeness (QED) is 0.753. The number of aromatic nitrogens is 1. The number of fused-ring (bicyclic) bond motifs is 1. The van der Waals surface area contributed by atoms with E-state index in [2.05, 4.69) is 0 Å². The van der Waals surface area contributed by atoms with Crippen LogP contribution in [0.15, 0.2) is 30.5 Å². The van der Waals surface area contributed by atoms with Crippen LogP contribution in [0, 0.1) is 0 Å². The fourth-order valence-electron chi connectivity index (χ4n) is 2.08. The van der Waals surface area contributed by atoms with E-state index in [-0.39, 0.29) is 0 Å². The Morgan fingerprint density at radius 2 is 2.10 bits per heavy atom. The van der Waals surface area contributed by atoms with Gasteiger partial charge in [-0.15, -0.1) is 0 Å². The molecule has 5 nitrogen and oxygen atoms in total. The van der Waals surface area contributed by atoms with Crippen molar-refractivity contribution in [3.63, 3.8) is 0 Å². The topological polar surface area (TPSA) is 60.7 Å². The first-order valence-electron chi connectivity index (χ1n) is 6.61. The highest BCUT2D eigenvalue weighted by Crippen LogP contribution is 2.17. The number of methoxy groups -OCH3 is 1. The number of aromatic carboxylic acids is 1. The minimum Gasteiger partial charge on any atom is -0.478 e. The predicted molar refractivity (Wildman–Crippen MR) is 76.2 cm³/mol. The predicted octanol–water partition coefficient (Wildman–Crippen LogP) is 2.39. The lowest BCUT2D eigenvalue weighted by atomic mass is 10.2. The zero-order chi connectivity index (χ0) is 14.4. The van der Waals surface area contributed by atoms with Crippen molar-refractivity contribution < 1.29 is 19.4 Å². The number of hydrogen-bond acceptors (Lipinski definition) is 3. The Bertz CT molecular complexity index is 576. The summed E-state index contributed by atoms with van der Waals surface area (Å²) in [7, 11) is 1.67. The lowest BCUT2D eigenvalue weighted by molar-refractivity contribution is 0.0697. The van der Waals surface area contributed by atoms with Crippen LogP contribution < -0.4 is 0 Å². The highest BCUT2D eigenvalue weighted by Gasteiger charge is 2.06. The highest BCUT2D eigenvalue weighted by atomic mass is 16.5. The average Bonchev–Trinajstić information content (AvgIpc) is 2.85. The van der Waals surface area contributed by atoms with Gasteiger partial charge < -0.3 is 19.1 Å². The molecule has 0 aliphatic carbocycles. The lowest BCUT2D eigenvalue weighted by Gasteiger charge is -2.07. The largest absolute Gasteiger partial charge is 0.478 e. The summed E-state index contributed by atoms with van der Waals surface area (Å²) in [6.07, 6.45) is 2.83. The standard InChI is InChI=1S/C15H19NO4/c1-19-8-2-9-20-10-7-16-6-5-12-3-4-13(15(17)18)11-14(12)16/h3-6,11H,2,7-10H2,1H3,(H,17,18). The third-order valence-corrected chi connectivity index (χ3v) is 3.13. The highest BCUT2D eigenvalue weighted by molar-refractivity contribution is 5.93. The number of hydrogen-bond donors (Lipinski definition) is 1. The van der Waals surface area contributed by atoms with Gasteiger partial charge in [0.25, 0.3) is 0 Å². The van der Waals surface area contributed by atoms with E-state index in [0.29, 0.717) is 31.9 Å². The van der Waals surface area contributed by atoms with E-state index >= 15 is 0 Å². The maximum absolute atomic E-state index is 11.0. The van der Waals surface area contributed by atoms with Crippen molar-refractivity contribution in [2.45, 2.75) is 13.0 Å². The molecule has 0 saturated heterocycles. The summed E-state index contributed by atoms with van der Waals surface area (Å²) >= 11 is 0. The summed E-state index contributed by atoms with van der Waals surface area (Å²) in [4.78, 5) is 11.0. The summed E-state index contributed by atoms with van der Waals surface area (Å²) in [6.45, 7) is 2.69. The molecule has 2 rings (SSSR count). The van der Waals surface area contributed by atoms with Crippen LogP contribution in [0.4, 0.5) is 0 Å². The van der Waals surface area contributed by atoms with Crippen molar-refractivity contribution in [1.82, 2.24) is 4.57 Å². The van der Waals surface area contributed by atoms with Crippen LogP contribution in [0.5, 0.6) is 0 Å². The molecule has 0 unspecified atom stereocenters. The van der Waals surface area contributed by atoms with Crippen molar-refractivity contribution in [3.8, 4) is 0 Å². The fraction of sp³-hybridized carbons (Fsp3) is 0.400. The number of benzene rings is 1. The first-order valence-corrected chi connectivity index (χ1v) is 6.61. The normalized spacial score (nSPS) is 11.1. The first-order chi connectivity index (χ1) is 9.72. The molecule has 0 saturated carbocycles. The Hall–Kier alpha value is -1.85. The molecule has 0 amide bonds. The van der Waals surface area contributed by atoms with Gasteiger partial charge in [-0.05, 0) is 30.0 Å².